The highest BCUT2D eigenvalue weighted by Crippen LogP contribution is 2.22. The molecule has 0 bridgehead atoms. The topological polar surface area (TPSA) is 64.0 Å². The van der Waals surface area contributed by atoms with E-state index in [0.29, 0.717) is 5.69 Å². The quantitative estimate of drug-likeness (QED) is 0.799. The first-order valence-electron chi connectivity index (χ1n) is 7.45. The second-order valence-electron chi connectivity index (χ2n) is 5.56. The van der Waals surface area contributed by atoms with Gasteiger partial charge >= 0.3 is 0 Å². The first-order valence-corrected chi connectivity index (χ1v) is 8.94. The standard InChI is InChI=1S/C17H19N3O2S/c1-4-17-18-15-11-13(7-10-16(15)20(17)3)19-23(21,22)14-8-5-12(2)6-9-14/h5-11,19H,4H2,1-3H3. The van der Waals surface area contributed by atoms with E-state index in [1.807, 2.05) is 31.5 Å². The highest BCUT2D eigenvalue weighted by molar-refractivity contribution is 7.92. The van der Waals surface area contributed by atoms with Crippen molar-refractivity contribution in [1.82, 2.24) is 9.55 Å². The molecule has 5 nitrogen and oxygen atoms in total. The second kappa shape index (κ2) is 5.70. The molecule has 0 fully saturated rings. The monoisotopic (exact) mass is 329 g/mol. The summed E-state index contributed by atoms with van der Waals surface area (Å²) < 4.78 is 29.5. The minimum Gasteiger partial charge on any atom is -0.331 e. The summed E-state index contributed by atoms with van der Waals surface area (Å²) in [5.41, 5.74) is 3.30. The molecule has 23 heavy (non-hydrogen) atoms. The van der Waals surface area contributed by atoms with Crippen LogP contribution in [-0.4, -0.2) is 18.0 Å². The van der Waals surface area contributed by atoms with Gasteiger partial charge in [-0.25, -0.2) is 13.4 Å². The van der Waals surface area contributed by atoms with Gasteiger partial charge in [-0.2, -0.15) is 0 Å². The normalized spacial score (nSPS) is 11.8. The highest BCUT2D eigenvalue weighted by Gasteiger charge is 2.15. The minimum atomic E-state index is -3.59. The van der Waals surface area contributed by atoms with Crippen molar-refractivity contribution in [1.29, 1.82) is 0 Å². The maximum atomic E-state index is 12.4. The molecule has 3 aromatic rings. The van der Waals surface area contributed by atoms with Crippen molar-refractivity contribution in [3.05, 3.63) is 53.9 Å². The Hall–Kier alpha value is -2.34. The number of sulfonamides is 1. The van der Waals surface area contributed by atoms with Gasteiger partial charge in [0.15, 0.2) is 0 Å². The number of rotatable bonds is 4. The molecule has 2 aromatic carbocycles. The third kappa shape index (κ3) is 2.94. The van der Waals surface area contributed by atoms with E-state index in [1.165, 1.54) is 0 Å². The average molecular weight is 329 g/mol. The zero-order valence-electron chi connectivity index (χ0n) is 13.4. The summed E-state index contributed by atoms with van der Waals surface area (Å²) in [6.07, 6.45) is 0.829. The predicted octanol–water partition coefficient (Wildman–Crippen LogP) is 3.24. The SMILES string of the molecule is CCc1nc2cc(NS(=O)(=O)c3ccc(C)cc3)ccc2n1C. The van der Waals surface area contributed by atoms with Crippen LogP contribution in [0, 0.1) is 6.92 Å². The van der Waals surface area contributed by atoms with Gasteiger partial charge in [0.1, 0.15) is 5.82 Å². The fraction of sp³-hybridized carbons (Fsp3) is 0.235. The molecule has 6 heteroatoms. The van der Waals surface area contributed by atoms with Gasteiger partial charge < -0.3 is 4.57 Å². The smallest absolute Gasteiger partial charge is 0.261 e. The van der Waals surface area contributed by atoms with E-state index in [9.17, 15) is 8.42 Å². The lowest BCUT2D eigenvalue weighted by Gasteiger charge is -2.08. The molecule has 0 aliphatic carbocycles. The minimum absolute atomic E-state index is 0.249. The molecule has 0 saturated heterocycles. The number of anilines is 1. The van der Waals surface area contributed by atoms with Crippen LogP contribution >= 0.6 is 0 Å². The van der Waals surface area contributed by atoms with Gasteiger partial charge in [-0.05, 0) is 37.3 Å². The number of hydrogen-bond acceptors (Lipinski definition) is 3. The number of hydrogen-bond donors (Lipinski definition) is 1. The lowest BCUT2D eigenvalue weighted by atomic mass is 10.2. The highest BCUT2D eigenvalue weighted by atomic mass is 32.2. The summed E-state index contributed by atoms with van der Waals surface area (Å²) in [5, 5.41) is 0. The number of nitrogens with one attached hydrogen (secondary N) is 1. The van der Waals surface area contributed by atoms with Crippen LogP contribution in [0.2, 0.25) is 0 Å². The van der Waals surface area contributed by atoms with Crippen molar-refractivity contribution < 1.29 is 8.42 Å². The summed E-state index contributed by atoms with van der Waals surface area (Å²) in [7, 11) is -1.63. The summed E-state index contributed by atoms with van der Waals surface area (Å²) in [6.45, 7) is 3.96. The van der Waals surface area contributed by atoms with E-state index < -0.39 is 10.0 Å². The Bertz CT molecular complexity index is 957. The first kappa shape index (κ1) is 15.6. The van der Waals surface area contributed by atoms with Crippen molar-refractivity contribution in [2.75, 3.05) is 4.72 Å². The number of aryl methyl sites for hydroxylation is 3. The maximum Gasteiger partial charge on any atom is 0.261 e. The molecule has 0 saturated carbocycles. The zero-order valence-corrected chi connectivity index (χ0v) is 14.2. The van der Waals surface area contributed by atoms with Crippen LogP contribution in [0.5, 0.6) is 0 Å². The molecule has 0 aliphatic rings. The fourth-order valence-electron chi connectivity index (χ4n) is 2.56. The van der Waals surface area contributed by atoms with Crippen LogP contribution in [-0.2, 0) is 23.5 Å². The van der Waals surface area contributed by atoms with Crippen LogP contribution < -0.4 is 4.72 Å². The van der Waals surface area contributed by atoms with Crippen molar-refractivity contribution in [2.24, 2.45) is 7.05 Å². The van der Waals surface area contributed by atoms with E-state index in [-0.39, 0.29) is 4.90 Å². The molecule has 120 valence electrons. The Kier molecular flexibility index (Phi) is 3.85. The fourth-order valence-corrected chi connectivity index (χ4v) is 3.61. The van der Waals surface area contributed by atoms with Crippen molar-refractivity contribution in [3.8, 4) is 0 Å². The number of imidazole rings is 1. The van der Waals surface area contributed by atoms with E-state index in [4.69, 9.17) is 0 Å². The largest absolute Gasteiger partial charge is 0.331 e. The van der Waals surface area contributed by atoms with Gasteiger partial charge in [-0.15, -0.1) is 0 Å². The third-order valence-corrected chi connectivity index (χ3v) is 5.27. The third-order valence-electron chi connectivity index (χ3n) is 3.87. The van der Waals surface area contributed by atoms with Crippen LogP contribution in [0.15, 0.2) is 47.4 Å². The van der Waals surface area contributed by atoms with Crippen LogP contribution in [0.1, 0.15) is 18.3 Å². The summed E-state index contributed by atoms with van der Waals surface area (Å²) in [5.74, 6) is 0.971. The Morgan fingerprint density at radius 1 is 1.13 bits per heavy atom. The molecule has 1 heterocycles. The lowest BCUT2D eigenvalue weighted by Crippen LogP contribution is -2.12. The summed E-state index contributed by atoms with van der Waals surface area (Å²) in [6, 6.07) is 12.2. The Morgan fingerprint density at radius 3 is 2.48 bits per heavy atom. The van der Waals surface area contributed by atoms with Gasteiger partial charge in [0.05, 0.1) is 21.6 Å². The molecule has 3 rings (SSSR count). The van der Waals surface area contributed by atoms with Gasteiger partial charge in [-0.1, -0.05) is 24.6 Å². The van der Waals surface area contributed by atoms with Gasteiger partial charge in [-0.3, -0.25) is 4.72 Å². The Labute approximate surface area is 136 Å². The van der Waals surface area contributed by atoms with Gasteiger partial charge in [0.2, 0.25) is 0 Å². The summed E-state index contributed by atoms with van der Waals surface area (Å²) >= 11 is 0. The number of nitrogens with zero attached hydrogens (tertiary/aromatic N) is 2. The first-order chi connectivity index (χ1) is 10.9. The molecule has 1 N–H and O–H groups in total. The van der Waals surface area contributed by atoms with E-state index in [2.05, 4.69) is 9.71 Å². The van der Waals surface area contributed by atoms with Crippen LogP contribution in [0.25, 0.3) is 11.0 Å². The lowest BCUT2D eigenvalue weighted by molar-refractivity contribution is 0.601. The summed E-state index contributed by atoms with van der Waals surface area (Å²) in [4.78, 5) is 4.78. The van der Waals surface area contributed by atoms with E-state index >= 15 is 0 Å². The van der Waals surface area contributed by atoms with Crippen molar-refractivity contribution in [3.63, 3.8) is 0 Å². The number of fused-ring (bicyclic) bond motifs is 1. The Morgan fingerprint density at radius 2 is 1.83 bits per heavy atom. The Balaban J connectivity index is 1.96. The second-order valence-corrected chi connectivity index (χ2v) is 7.25. The van der Waals surface area contributed by atoms with Crippen molar-refractivity contribution >= 4 is 26.7 Å². The molecule has 0 spiro atoms. The number of aromatic nitrogens is 2. The molecule has 1 aromatic heterocycles. The van der Waals surface area contributed by atoms with E-state index in [1.54, 1.807) is 36.4 Å². The molecule has 0 aliphatic heterocycles. The van der Waals surface area contributed by atoms with Gasteiger partial charge in [0, 0.05) is 13.5 Å². The molecule has 0 unspecified atom stereocenters. The maximum absolute atomic E-state index is 12.4. The molecule has 0 atom stereocenters. The molecule has 0 amide bonds. The molecular formula is C17H19N3O2S. The van der Waals surface area contributed by atoms with Crippen LogP contribution in [0.4, 0.5) is 5.69 Å². The molecular weight excluding hydrogens is 310 g/mol. The van der Waals surface area contributed by atoms with E-state index in [0.717, 1.165) is 28.8 Å². The van der Waals surface area contributed by atoms with Gasteiger partial charge in [0.25, 0.3) is 10.0 Å². The van der Waals surface area contributed by atoms with Crippen molar-refractivity contribution in [2.45, 2.75) is 25.2 Å². The molecule has 0 radical (unpaired) electrons. The average Bonchev–Trinajstić information content (AvgIpc) is 2.83. The zero-order chi connectivity index (χ0) is 16.6. The number of benzene rings is 2. The van der Waals surface area contributed by atoms with Crippen LogP contribution in [0.3, 0.4) is 0 Å². The predicted molar refractivity (Wildman–Crippen MR) is 92.1 cm³/mol.